The second-order valence-corrected chi connectivity index (χ2v) is 9.66. The third-order valence-corrected chi connectivity index (χ3v) is 6.88. The number of benzene rings is 2. The molecular weight excluding hydrogens is 506 g/mol. The Labute approximate surface area is 202 Å². The first-order valence-corrected chi connectivity index (χ1v) is 11.9. The third-order valence-electron chi connectivity index (χ3n) is 5.53. The summed E-state index contributed by atoms with van der Waals surface area (Å²) in [6.07, 6.45) is -3.93. The number of sulfonamides is 1. The summed E-state index contributed by atoms with van der Waals surface area (Å²) in [4.78, 5) is 12.6. The van der Waals surface area contributed by atoms with E-state index in [9.17, 15) is 30.8 Å². The standard InChI is InChI=1S/C23H19F4N3O5S/c1-13(23(25,26)27)9-15-11-20(34-2)19(12-17(15)24)30-18-5-4-16(10-14(18)3-6-22(30)31)36(32,33)29-21-7-8-35-28-21/h3-8,10-13H,9H2,1-2H3,(H,28,29)/t13-/m1/s1. The first-order valence-electron chi connectivity index (χ1n) is 10.4. The van der Waals surface area contributed by atoms with Crippen LogP contribution in [0.15, 0.2) is 69.0 Å². The maximum atomic E-state index is 14.9. The Hall–Kier alpha value is -3.87. The van der Waals surface area contributed by atoms with E-state index in [4.69, 9.17) is 4.74 Å². The van der Waals surface area contributed by atoms with Crippen molar-refractivity contribution in [1.82, 2.24) is 9.72 Å². The van der Waals surface area contributed by atoms with Crippen LogP contribution in [0.1, 0.15) is 12.5 Å². The number of methoxy groups -OCH3 is 1. The Balaban J connectivity index is 1.81. The summed E-state index contributed by atoms with van der Waals surface area (Å²) in [6.45, 7) is 0.943. The van der Waals surface area contributed by atoms with E-state index in [1.54, 1.807) is 0 Å². The Morgan fingerprint density at radius 1 is 1.14 bits per heavy atom. The predicted molar refractivity (Wildman–Crippen MR) is 122 cm³/mol. The van der Waals surface area contributed by atoms with Crippen LogP contribution in [0.25, 0.3) is 16.6 Å². The normalized spacial score (nSPS) is 13.1. The largest absolute Gasteiger partial charge is 0.495 e. The zero-order valence-corrected chi connectivity index (χ0v) is 19.7. The van der Waals surface area contributed by atoms with Crippen LogP contribution in [0.5, 0.6) is 5.75 Å². The van der Waals surface area contributed by atoms with Gasteiger partial charge in [-0.25, -0.2) is 12.8 Å². The number of ether oxygens (including phenoxy) is 1. The number of hydrogen-bond donors (Lipinski definition) is 1. The molecule has 0 aliphatic carbocycles. The van der Waals surface area contributed by atoms with Gasteiger partial charge >= 0.3 is 6.18 Å². The highest BCUT2D eigenvalue weighted by Gasteiger charge is 2.36. The first kappa shape index (κ1) is 25.2. The molecule has 1 N–H and O–H groups in total. The van der Waals surface area contributed by atoms with E-state index in [1.165, 1.54) is 43.7 Å². The Kier molecular flexibility index (Phi) is 6.52. The van der Waals surface area contributed by atoms with E-state index in [1.807, 2.05) is 0 Å². The lowest BCUT2D eigenvalue weighted by Crippen LogP contribution is -2.23. The highest BCUT2D eigenvalue weighted by molar-refractivity contribution is 7.92. The molecule has 0 fully saturated rings. The Morgan fingerprint density at radius 2 is 1.89 bits per heavy atom. The van der Waals surface area contributed by atoms with E-state index in [0.717, 1.165) is 29.7 Å². The molecule has 0 saturated carbocycles. The topological polar surface area (TPSA) is 103 Å². The zero-order chi connectivity index (χ0) is 26.3. The fraction of sp³-hybridized carbons (Fsp3) is 0.217. The molecule has 0 aliphatic rings. The number of hydrogen-bond acceptors (Lipinski definition) is 6. The Morgan fingerprint density at radius 3 is 2.53 bits per heavy atom. The van der Waals surface area contributed by atoms with Gasteiger partial charge in [-0.05, 0) is 42.3 Å². The van der Waals surface area contributed by atoms with Crippen molar-refractivity contribution >= 4 is 26.7 Å². The minimum absolute atomic E-state index is 0.0276. The second kappa shape index (κ2) is 9.30. The van der Waals surface area contributed by atoms with Gasteiger partial charge in [-0.2, -0.15) is 13.2 Å². The summed E-state index contributed by atoms with van der Waals surface area (Å²) in [7, 11) is -2.81. The summed E-state index contributed by atoms with van der Waals surface area (Å²) < 4.78 is 92.5. The molecule has 0 unspecified atom stereocenters. The maximum absolute atomic E-state index is 14.9. The average Bonchev–Trinajstić information content (AvgIpc) is 3.31. The van der Waals surface area contributed by atoms with Gasteiger partial charge in [0.1, 0.15) is 17.8 Å². The van der Waals surface area contributed by atoms with Crippen LogP contribution in [0.4, 0.5) is 23.4 Å². The van der Waals surface area contributed by atoms with Crippen molar-refractivity contribution in [3.8, 4) is 11.4 Å². The molecule has 0 spiro atoms. The highest BCUT2D eigenvalue weighted by atomic mass is 32.2. The van der Waals surface area contributed by atoms with Crippen molar-refractivity contribution in [2.75, 3.05) is 11.8 Å². The van der Waals surface area contributed by atoms with Gasteiger partial charge < -0.3 is 9.26 Å². The molecule has 0 saturated heterocycles. The molecule has 0 bridgehead atoms. The molecule has 2 aromatic heterocycles. The monoisotopic (exact) mass is 525 g/mol. The number of nitrogens with one attached hydrogen (secondary N) is 1. The van der Waals surface area contributed by atoms with Gasteiger partial charge in [-0.15, -0.1) is 0 Å². The van der Waals surface area contributed by atoms with Crippen LogP contribution in [-0.4, -0.2) is 31.4 Å². The molecule has 4 aromatic rings. The van der Waals surface area contributed by atoms with Gasteiger partial charge in [0.25, 0.3) is 15.6 Å². The van der Waals surface area contributed by atoms with Crippen molar-refractivity contribution in [2.45, 2.75) is 24.4 Å². The Bertz CT molecular complexity index is 1580. The van der Waals surface area contributed by atoms with E-state index < -0.39 is 39.9 Å². The van der Waals surface area contributed by atoms with E-state index >= 15 is 0 Å². The van der Waals surface area contributed by atoms with Gasteiger partial charge in [0.15, 0.2) is 5.82 Å². The van der Waals surface area contributed by atoms with Crippen LogP contribution < -0.4 is 15.0 Å². The number of nitrogens with zero attached hydrogens (tertiary/aromatic N) is 2. The lowest BCUT2D eigenvalue weighted by atomic mass is 9.99. The molecule has 13 heteroatoms. The fourth-order valence-corrected chi connectivity index (χ4v) is 4.65. The zero-order valence-electron chi connectivity index (χ0n) is 18.8. The van der Waals surface area contributed by atoms with E-state index in [-0.39, 0.29) is 33.2 Å². The van der Waals surface area contributed by atoms with Gasteiger partial charge in [0.2, 0.25) is 0 Å². The van der Waals surface area contributed by atoms with Crippen molar-refractivity contribution in [1.29, 1.82) is 0 Å². The number of fused-ring (bicyclic) bond motifs is 1. The summed E-state index contributed by atoms with van der Waals surface area (Å²) >= 11 is 0. The number of aromatic nitrogens is 2. The van der Waals surface area contributed by atoms with Crippen molar-refractivity contribution < 1.29 is 35.2 Å². The molecule has 1 atom stereocenters. The molecule has 2 aromatic carbocycles. The lowest BCUT2D eigenvalue weighted by molar-refractivity contribution is -0.169. The highest BCUT2D eigenvalue weighted by Crippen LogP contribution is 2.33. The maximum Gasteiger partial charge on any atom is 0.391 e. The van der Waals surface area contributed by atoms with Crippen LogP contribution in [0.2, 0.25) is 0 Å². The van der Waals surface area contributed by atoms with Crippen molar-refractivity contribution in [2.24, 2.45) is 5.92 Å². The van der Waals surface area contributed by atoms with Crippen LogP contribution >= 0.6 is 0 Å². The number of halogens is 4. The van der Waals surface area contributed by atoms with Crippen molar-refractivity contribution in [3.63, 3.8) is 0 Å². The molecule has 2 heterocycles. The van der Waals surface area contributed by atoms with Gasteiger partial charge in [0.05, 0.1) is 29.1 Å². The van der Waals surface area contributed by atoms with Gasteiger partial charge in [0, 0.05) is 23.6 Å². The summed E-state index contributed by atoms with van der Waals surface area (Å²) in [6, 6.07) is 9.81. The SMILES string of the molecule is COc1cc(C[C@@H](C)C(F)(F)F)c(F)cc1-n1c(=O)ccc2cc(S(=O)(=O)Nc3ccon3)ccc21. The number of pyridine rings is 1. The quantitative estimate of drug-likeness (QED) is 0.352. The van der Waals surface area contributed by atoms with Gasteiger partial charge in [-0.3, -0.25) is 14.1 Å². The average molecular weight is 525 g/mol. The predicted octanol–water partition coefficient (Wildman–Crippen LogP) is 4.67. The molecule has 36 heavy (non-hydrogen) atoms. The molecule has 0 radical (unpaired) electrons. The first-order chi connectivity index (χ1) is 16.9. The number of rotatable bonds is 7. The smallest absolute Gasteiger partial charge is 0.391 e. The minimum Gasteiger partial charge on any atom is -0.495 e. The van der Waals surface area contributed by atoms with Crippen LogP contribution in [0, 0.1) is 11.7 Å². The summed E-state index contributed by atoms with van der Waals surface area (Å²) in [5, 5.41) is 3.81. The summed E-state index contributed by atoms with van der Waals surface area (Å²) in [5.74, 6) is -2.80. The van der Waals surface area contributed by atoms with E-state index in [0.29, 0.717) is 5.39 Å². The molecular formula is C23H19F4N3O5S. The van der Waals surface area contributed by atoms with Gasteiger partial charge in [-0.1, -0.05) is 12.1 Å². The molecule has 4 rings (SSSR count). The van der Waals surface area contributed by atoms with Crippen LogP contribution in [0.3, 0.4) is 0 Å². The summed E-state index contributed by atoms with van der Waals surface area (Å²) in [5.41, 5.74) is -0.642. The number of alkyl halides is 3. The second-order valence-electron chi connectivity index (χ2n) is 7.98. The third kappa shape index (κ3) is 4.91. The van der Waals surface area contributed by atoms with Crippen LogP contribution in [-0.2, 0) is 16.4 Å². The molecule has 190 valence electrons. The van der Waals surface area contributed by atoms with Crippen molar-refractivity contribution in [3.05, 3.63) is 76.5 Å². The molecule has 0 amide bonds. The molecule has 0 aliphatic heterocycles. The van der Waals surface area contributed by atoms with E-state index in [2.05, 4.69) is 14.4 Å². The molecule has 8 nitrogen and oxygen atoms in total. The number of anilines is 1. The fourth-order valence-electron chi connectivity index (χ4n) is 3.63. The lowest BCUT2D eigenvalue weighted by Gasteiger charge is -2.19. The minimum atomic E-state index is -4.51.